The van der Waals surface area contributed by atoms with Gasteiger partial charge in [0.05, 0.1) is 11.2 Å². The summed E-state index contributed by atoms with van der Waals surface area (Å²) in [4.78, 5) is 44.4. The number of nitrogens with one attached hydrogen (secondary N) is 1. The average Bonchev–Trinajstić information content (AvgIpc) is 2.89. The number of carbonyl (C=O) groups is 3. The van der Waals surface area contributed by atoms with Gasteiger partial charge in [-0.05, 0) is 65.9 Å². The maximum atomic E-state index is 13.6. The second kappa shape index (κ2) is 13.6. The van der Waals surface area contributed by atoms with Gasteiger partial charge in [0.2, 0.25) is 5.91 Å². The van der Waals surface area contributed by atoms with Gasteiger partial charge in [-0.25, -0.2) is 14.6 Å². The van der Waals surface area contributed by atoms with Gasteiger partial charge in [0.25, 0.3) is 0 Å². The molecule has 1 aromatic carbocycles. The third-order valence-corrected chi connectivity index (χ3v) is 7.10. The van der Waals surface area contributed by atoms with Gasteiger partial charge in [-0.2, -0.15) is 0 Å². The average molecular weight is 554 g/mol. The molecule has 2 aromatic rings. The summed E-state index contributed by atoms with van der Waals surface area (Å²) >= 11 is 0. The lowest BCUT2D eigenvalue weighted by Crippen LogP contribution is -2.54. The van der Waals surface area contributed by atoms with E-state index >= 15 is 0 Å². The first-order valence-electron chi connectivity index (χ1n) is 14.1. The van der Waals surface area contributed by atoms with Crippen molar-refractivity contribution in [1.82, 2.24) is 15.2 Å². The summed E-state index contributed by atoms with van der Waals surface area (Å²) in [6, 6.07) is 5.87. The van der Waals surface area contributed by atoms with Crippen molar-refractivity contribution in [2.75, 3.05) is 7.05 Å². The number of aryl methyl sites for hydroxylation is 2. The summed E-state index contributed by atoms with van der Waals surface area (Å²) in [6.07, 6.45) is 5.90. The molecule has 0 saturated heterocycles. The van der Waals surface area contributed by atoms with E-state index in [9.17, 15) is 19.5 Å². The number of likely N-dealkylation sites (N-methyl/N-ethyl adjacent to an activating group) is 1. The standard InChI is InChI=1S/C31H43N3O6/c1-7-8-9-10-11-16-25(33-30(38)40-31(3,4)5)28(35)34(6)26(29(36)37)19-21-17-18-23-22-14-12-13-15-24(22)32-20(2)27(23)39-21/h7,12-15,21,25-26H,1,8-11,16-19H2,2-6H3,(H,33,38)(H,36,37). The van der Waals surface area contributed by atoms with Crippen molar-refractivity contribution in [3.05, 3.63) is 48.2 Å². The minimum absolute atomic E-state index is 0.113. The molecule has 0 fully saturated rings. The molecule has 2 N–H and O–H groups in total. The van der Waals surface area contributed by atoms with Crippen LogP contribution in [0.2, 0.25) is 0 Å². The molecule has 2 heterocycles. The van der Waals surface area contributed by atoms with Crippen molar-refractivity contribution < 1.29 is 29.0 Å². The van der Waals surface area contributed by atoms with E-state index in [1.54, 1.807) is 20.8 Å². The first-order valence-corrected chi connectivity index (χ1v) is 14.1. The number of pyridine rings is 1. The first kappa shape index (κ1) is 30.9. The molecule has 218 valence electrons. The normalized spacial score (nSPS) is 16.3. The molecule has 9 nitrogen and oxygen atoms in total. The predicted molar refractivity (Wildman–Crippen MR) is 154 cm³/mol. The molecular formula is C31H43N3O6. The third kappa shape index (κ3) is 8.19. The van der Waals surface area contributed by atoms with Gasteiger partial charge in [-0.3, -0.25) is 4.79 Å². The number of unbranched alkanes of at least 4 members (excludes halogenated alkanes) is 3. The number of carboxylic acid groups (broad SMARTS) is 1. The van der Waals surface area contributed by atoms with Crippen LogP contribution in [0, 0.1) is 6.92 Å². The molecule has 3 atom stereocenters. The highest BCUT2D eigenvalue weighted by Crippen LogP contribution is 2.36. The number of carbonyl (C=O) groups excluding carboxylic acids is 2. The smallest absolute Gasteiger partial charge is 0.408 e. The van der Waals surface area contributed by atoms with E-state index in [0.717, 1.165) is 47.8 Å². The minimum atomic E-state index is -1.13. The molecule has 0 aliphatic carbocycles. The van der Waals surface area contributed by atoms with Crippen LogP contribution in [-0.2, 0) is 20.7 Å². The molecule has 40 heavy (non-hydrogen) atoms. The number of allylic oxidation sites excluding steroid dienone is 1. The van der Waals surface area contributed by atoms with Crippen LogP contribution in [0.1, 0.15) is 77.0 Å². The summed E-state index contributed by atoms with van der Waals surface area (Å²) in [5, 5.41) is 13.8. The minimum Gasteiger partial charge on any atom is -0.488 e. The van der Waals surface area contributed by atoms with Crippen molar-refractivity contribution in [3.63, 3.8) is 0 Å². The van der Waals surface area contributed by atoms with Crippen LogP contribution < -0.4 is 10.1 Å². The first-order chi connectivity index (χ1) is 18.9. The molecule has 0 bridgehead atoms. The van der Waals surface area contributed by atoms with Crippen molar-refractivity contribution in [1.29, 1.82) is 0 Å². The zero-order valence-corrected chi connectivity index (χ0v) is 24.4. The SMILES string of the molecule is C=CCCCCCC(NC(=O)OC(C)(C)C)C(=O)N(C)C(CC1CCc2c(c(C)nc3ccccc23)O1)C(=O)O. The summed E-state index contributed by atoms with van der Waals surface area (Å²) < 4.78 is 11.7. The Labute approximate surface area is 236 Å². The Bertz CT molecular complexity index is 1220. The Balaban J connectivity index is 1.74. The van der Waals surface area contributed by atoms with E-state index in [0.29, 0.717) is 25.0 Å². The van der Waals surface area contributed by atoms with Crippen LogP contribution in [0.3, 0.4) is 0 Å². The second-order valence-electron chi connectivity index (χ2n) is 11.5. The van der Waals surface area contributed by atoms with E-state index < -0.39 is 41.8 Å². The molecule has 3 rings (SSSR count). The number of para-hydroxylation sites is 1. The van der Waals surface area contributed by atoms with Gasteiger partial charge in [0, 0.05) is 24.4 Å². The van der Waals surface area contributed by atoms with Crippen LogP contribution in [0.5, 0.6) is 5.75 Å². The number of benzene rings is 1. The number of hydrogen-bond donors (Lipinski definition) is 2. The van der Waals surface area contributed by atoms with Crippen LogP contribution in [-0.4, -0.2) is 63.8 Å². The number of aromatic nitrogens is 1. The monoisotopic (exact) mass is 553 g/mol. The summed E-state index contributed by atoms with van der Waals surface area (Å²) in [7, 11) is 1.47. The molecule has 1 aromatic heterocycles. The van der Waals surface area contributed by atoms with Gasteiger partial charge >= 0.3 is 12.1 Å². The highest BCUT2D eigenvalue weighted by Gasteiger charge is 2.36. The predicted octanol–water partition coefficient (Wildman–Crippen LogP) is 5.57. The lowest BCUT2D eigenvalue weighted by atomic mass is 9.94. The van der Waals surface area contributed by atoms with E-state index in [1.165, 1.54) is 11.9 Å². The largest absolute Gasteiger partial charge is 0.488 e. The van der Waals surface area contributed by atoms with Gasteiger partial charge in [0.15, 0.2) is 0 Å². The second-order valence-corrected chi connectivity index (χ2v) is 11.5. The number of alkyl carbamates (subject to hydrolysis) is 1. The lowest BCUT2D eigenvalue weighted by molar-refractivity contribution is -0.151. The molecule has 1 aliphatic heterocycles. The highest BCUT2D eigenvalue weighted by molar-refractivity contribution is 5.89. The Morgan fingerprint density at radius 1 is 1.25 bits per heavy atom. The van der Waals surface area contributed by atoms with Crippen LogP contribution in [0.25, 0.3) is 10.9 Å². The summed E-state index contributed by atoms with van der Waals surface area (Å²) in [6.45, 7) is 10.8. The van der Waals surface area contributed by atoms with Crippen molar-refractivity contribution in [2.24, 2.45) is 0 Å². The van der Waals surface area contributed by atoms with Gasteiger partial charge in [-0.15, -0.1) is 6.58 Å². The fourth-order valence-electron chi connectivity index (χ4n) is 5.09. The van der Waals surface area contributed by atoms with Gasteiger partial charge < -0.3 is 24.8 Å². The number of rotatable bonds is 12. The molecule has 9 heteroatoms. The van der Waals surface area contributed by atoms with Gasteiger partial charge in [-0.1, -0.05) is 37.1 Å². The van der Waals surface area contributed by atoms with E-state index in [4.69, 9.17) is 9.47 Å². The Kier molecular flexibility index (Phi) is 10.5. The van der Waals surface area contributed by atoms with E-state index in [2.05, 4.69) is 16.9 Å². The maximum absolute atomic E-state index is 13.6. The fraction of sp³-hybridized carbons (Fsp3) is 0.548. The summed E-state index contributed by atoms with van der Waals surface area (Å²) in [5.74, 6) is -0.903. The number of aliphatic carboxylic acids is 1. The van der Waals surface area contributed by atoms with Crippen LogP contribution >= 0.6 is 0 Å². The molecule has 0 spiro atoms. The molecule has 0 radical (unpaired) electrons. The van der Waals surface area contributed by atoms with Crippen LogP contribution in [0.15, 0.2) is 36.9 Å². The number of fused-ring (bicyclic) bond motifs is 3. The fourth-order valence-corrected chi connectivity index (χ4v) is 5.09. The topological polar surface area (TPSA) is 118 Å². The van der Waals surface area contributed by atoms with Crippen LogP contribution in [0.4, 0.5) is 4.79 Å². The summed E-state index contributed by atoms with van der Waals surface area (Å²) in [5.41, 5.74) is 2.01. The molecular weight excluding hydrogens is 510 g/mol. The Morgan fingerprint density at radius 3 is 2.65 bits per heavy atom. The maximum Gasteiger partial charge on any atom is 0.408 e. The number of hydrogen-bond acceptors (Lipinski definition) is 6. The quantitative estimate of drug-likeness (QED) is 0.261. The van der Waals surface area contributed by atoms with E-state index in [1.807, 2.05) is 37.3 Å². The van der Waals surface area contributed by atoms with Crippen molar-refractivity contribution in [2.45, 2.75) is 103 Å². The number of nitrogens with zero attached hydrogens (tertiary/aromatic N) is 2. The number of amides is 2. The molecule has 2 amide bonds. The Morgan fingerprint density at radius 2 is 1.98 bits per heavy atom. The highest BCUT2D eigenvalue weighted by atomic mass is 16.6. The number of ether oxygens (including phenoxy) is 2. The molecule has 0 saturated carbocycles. The third-order valence-electron chi connectivity index (χ3n) is 7.10. The van der Waals surface area contributed by atoms with Crippen molar-refractivity contribution in [3.8, 4) is 5.75 Å². The Hall–Kier alpha value is -3.62. The lowest BCUT2D eigenvalue weighted by Gasteiger charge is -2.34. The zero-order chi connectivity index (χ0) is 29.4. The number of carboxylic acids is 1. The van der Waals surface area contributed by atoms with Gasteiger partial charge in [0.1, 0.15) is 29.5 Å². The molecule has 1 aliphatic rings. The zero-order valence-electron chi connectivity index (χ0n) is 24.4. The van der Waals surface area contributed by atoms with Crippen molar-refractivity contribution >= 4 is 28.9 Å². The van der Waals surface area contributed by atoms with E-state index in [-0.39, 0.29) is 6.42 Å². The molecule has 3 unspecified atom stereocenters.